The molecular weight excluding hydrogens is 238 g/mol. The molecule has 0 aromatic heterocycles. The minimum Gasteiger partial charge on any atom is -0.496 e. The van der Waals surface area contributed by atoms with Crippen LogP contribution in [0.3, 0.4) is 0 Å². The van der Waals surface area contributed by atoms with Gasteiger partial charge in [0.25, 0.3) is 0 Å². The quantitative estimate of drug-likeness (QED) is 0.829. The van der Waals surface area contributed by atoms with E-state index in [0.717, 1.165) is 11.3 Å². The molecule has 0 spiro atoms. The van der Waals surface area contributed by atoms with Gasteiger partial charge in [0.2, 0.25) is 10.0 Å². The number of sulfonamides is 1. The van der Waals surface area contributed by atoms with E-state index in [-0.39, 0.29) is 5.92 Å². The summed E-state index contributed by atoms with van der Waals surface area (Å²) in [5.74, 6) is 0.931. The molecule has 1 rings (SSSR count). The molecule has 0 saturated carbocycles. The van der Waals surface area contributed by atoms with Crippen molar-refractivity contribution < 1.29 is 13.2 Å². The van der Waals surface area contributed by atoms with Gasteiger partial charge in [-0.2, -0.15) is 0 Å². The fourth-order valence-corrected chi connectivity index (χ4v) is 2.47. The number of nitrogens with zero attached hydrogens (tertiary/aromatic N) is 1. The van der Waals surface area contributed by atoms with Crippen molar-refractivity contribution >= 4 is 10.0 Å². The van der Waals surface area contributed by atoms with Crippen molar-refractivity contribution in [2.75, 3.05) is 21.2 Å². The van der Waals surface area contributed by atoms with Crippen LogP contribution in [-0.4, -0.2) is 33.9 Å². The lowest BCUT2D eigenvalue weighted by Crippen LogP contribution is -2.22. The first-order chi connectivity index (χ1) is 7.80. The van der Waals surface area contributed by atoms with Gasteiger partial charge in [-0.25, -0.2) is 12.7 Å². The van der Waals surface area contributed by atoms with Gasteiger partial charge in [-0.15, -0.1) is 0 Å². The Morgan fingerprint density at radius 2 is 1.82 bits per heavy atom. The Kier molecular flexibility index (Phi) is 4.16. The number of ether oxygens (including phenoxy) is 1. The zero-order valence-electron chi connectivity index (χ0n) is 10.9. The van der Waals surface area contributed by atoms with Crippen molar-refractivity contribution in [1.29, 1.82) is 0 Å². The first-order valence-corrected chi connectivity index (χ1v) is 6.85. The molecule has 0 bridgehead atoms. The zero-order chi connectivity index (χ0) is 13.2. The van der Waals surface area contributed by atoms with E-state index < -0.39 is 10.0 Å². The van der Waals surface area contributed by atoms with E-state index in [1.165, 1.54) is 18.4 Å². The molecular formula is C12H19NO3S. The van der Waals surface area contributed by atoms with Crippen LogP contribution >= 0.6 is 0 Å². The molecule has 0 saturated heterocycles. The number of benzene rings is 1. The predicted octanol–water partition coefficient (Wildman–Crippen LogP) is 2.07. The Morgan fingerprint density at radius 3 is 2.24 bits per heavy atom. The number of methoxy groups -OCH3 is 1. The maximum atomic E-state index is 12.0. The normalized spacial score (nSPS) is 12.2. The third-order valence-electron chi connectivity index (χ3n) is 2.60. The van der Waals surface area contributed by atoms with Gasteiger partial charge in [0.05, 0.1) is 12.0 Å². The van der Waals surface area contributed by atoms with E-state index in [0.29, 0.717) is 4.90 Å². The third kappa shape index (κ3) is 2.79. The molecule has 1 aromatic rings. The second-order valence-electron chi connectivity index (χ2n) is 4.35. The Labute approximate surface area is 103 Å². The van der Waals surface area contributed by atoms with Gasteiger partial charge >= 0.3 is 0 Å². The van der Waals surface area contributed by atoms with Gasteiger partial charge in [-0.05, 0) is 29.7 Å². The lowest BCUT2D eigenvalue weighted by Gasteiger charge is -2.16. The van der Waals surface area contributed by atoms with Crippen LogP contribution in [0.1, 0.15) is 25.3 Å². The molecule has 0 aliphatic rings. The van der Waals surface area contributed by atoms with Crippen LogP contribution in [0.25, 0.3) is 0 Å². The number of rotatable bonds is 4. The molecule has 17 heavy (non-hydrogen) atoms. The van der Waals surface area contributed by atoms with Crippen molar-refractivity contribution in [2.24, 2.45) is 0 Å². The van der Waals surface area contributed by atoms with Gasteiger partial charge in [-0.1, -0.05) is 13.8 Å². The van der Waals surface area contributed by atoms with Crippen molar-refractivity contribution in [3.05, 3.63) is 23.8 Å². The molecule has 0 amide bonds. The molecule has 0 atom stereocenters. The standard InChI is InChI=1S/C12H19NO3S/c1-9(2)11-8-10(6-7-12(11)16-5)17(14,15)13(3)4/h6-9H,1-5H3. The lowest BCUT2D eigenvalue weighted by atomic mass is 10.0. The van der Waals surface area contributed by atoms with Crippen molar-refractivity contribution in [2.45, 2.75) is 24.7 Å². The van der Waals surface area contributed by atoms with Crippen LogP contribution in [0, 0.1) is 0 Å². The first kappa shape index (κ1) is 14.0. The summed E-state index contributed by atoms with van der Waals surface area (Å²) in [4.78, 5) is 0.298. The number of hydrogen-bond acceptors (Lipinski definition) is 3. The van der Waals surface area contributed by atoms with E-state index in [9.17, 15) is 8.42 Å². The maximum Gasteiger partial charge on any atom is 0.242 e. The number of hydrogen-bond donors (Lipinski definition) is 0. The molecule has 0 aliphatic carbocycles. The molecule has 1 aromatic carbocycles. The highest BCUT2D eigenvalue weighted by molar-refractivity contribution is 7.89. The Hall–Kier alpha value is -1.07. The van der Waals surface area contributed by atoms with Crippen LogP contribution in [0.5, 0.6) is 5.75 Å². The smallest absolute Gasteiger partial charge is 0.242 e. The van der Waals surface area contributed by atoms with E-state index in [4.69, 9.17) is 4.74 Å². The van der Waals surface area contributed by atoms with Gasteiger partial charge in [0, 0.05) is 14.1 Å². The second-order valence-corrected chi connectivity index (χ2v) is 6.50. The Morgan fingerprint density at radius 1 is 1.24 bits per heavy atom. The van der Waals surface area contributed by atoms with Gasteiger partial charge < -0.3 is 4.74 Å². The van der Waals surface area contributed by atoms with Crippen LogP contribution in [0.15, 0.2) is 23.1 Å². The Balaban J connectivity index is 3.36. The van der Waals surface area contributed by atoms with Gasteiger partial charge in [-0.3, -0.25) is 0 Å². The first-order valence-electron chi connectivity index (χ1n) is 5.41. The molecule has 0 fully saturated rings. The maximum absolute atomic E-state index is 12.0. The molecule has 0 N–H and O–H groups in total. The molecule has 0 aliphatic heterocycles. The highest BCUT2D eigenvalue weighted by atomic mass is 32.2. The zero-order valence-corrected chi connectivity index (χ0v) is 11.7. The summed E-state index contributed by atoms with van der Waals surface area (Å²) in [6, 6.07) is 4.95. The van der Waals surface area contributed by atoms with Crippen LogP contribution in [-0.2, 0) is 10.0 Å². The fraction of sp³-hybridized carbons (Fsp3) is 0.500. The van der Waals surface area contributed by atoms with Crippen LogP contribution in [0.2, 0.25) is 0 Å². The summed E-state index contributed by atoms with van der Waals surface area (Å²) in [5, 5.41) is 0. The monoisotopic (exact) mass is 257 g/mol. The van der Waals surface area contributed by atoms with Crippen molar-refractivity contribution in [1.82, 2.24) is 4.31 Å². The molecule has 0 unspecified atom stereocenters. The molecule has 0 heterocycles. The van der Waals surface area contributed by atoms with Crippen LogP contribution in [0.4, 0.5) is 0 Å². The average Bonchev–Trinajstić information content (AvgIpc) is 2.27. The molecule has 0 radical (unpaired) electrons. The summed E-state index contributed by atoms with van der Waals surface area (Å²) in [7, 11) is 1.25. The van der Waals surface area contributed by atoms with Gasteiger partial charge in [0.1, 0.15) is 5.75 Å². The molecule has 4 nitrogen and oxygen atoms in total. The summed E-state index contributed by atoms with van der Waals surface area (Å²) >= 11 is 0. The van der Waals surface area contributed by atoms with E-state index >= 15 is 0 Å². The largest absolute Gasteiger partial charge is 0.496 e. The lowest BCUT2D eigenvalue weighted by molar-refractivity contribution is 0.407. The van der Waals surface area contributed by atoms with Crippen LogP contribution < -0.4 is 4.74 Å². The third-order valence-corrected chi connectivity index (χ3v) is 4.41. The fourth-order valence-electron chi connectivity index (χ4n) is 1.53. The summed E-state index contributed by atoms with van der Waals surface area (Å²) in [6.07, 6.45) is 0. The van der Waals surface area contributed by atoms with E-state index in [1.807, 2.05) is 13.8 Å². The summed E-state index contributed by atoms with van der Waals surface area (Å²) < 4.78 is 30.4. The summed E-state index contributed by atoms with van der Waals surface area (Å²) in [5.41, 5.74) is 0.899. The minimum absolute atomic E-state index is 0.210. The van der Waals surface area contributed by atoms with Crippen molar-refractivity contribution in [3.8, 4) is 5.75 Å². The van der Waals surface area contributed by atoms with E-state index in [2.05, 4.69) is 0 Å². The minimum atomic E-state index is -3.38. The average molecular weight is 257 g/mol. The highest BCUT2D eigenvalue weighted by Gasteiger charge is 2.19. The molecule has 5 heteroatoms. The molecule has 96 valence electrons. The SMILES string of the molecule is COc1ccc(S(=O)(=O)N(C)C)cc1C(C)C. The van der Waals surface area contributed by atoms with E-state index in [1.54, 1.807) is 25.3 Å². The van der Waals surface area contributed by atoms with Gasteiger partial charge in [0.15, 0.2) is 0 Å². The Bertz CT molecular complexity index is 492. The van der Waals surface area contributed by atoms with Crippen molar-refractivity contribution in [3.63, 3.8) is 0 Å². The highest BCUT2D eigenvalue weighted by Crippen LogP contribution is 2.29. The second kappa shape index (κ2) is 5.06. The summed E-state index contributed by atoms with van der Waals surface area (Å²) in [6.45, 7) is 4.01. The predicted molar refractivity (Wildman–Crippen MR) is 68.0 cm³/mol. The topological polar surface area (TPSA) is 46.6 Å².